The number of pyridine rings is 2. The van der Waals surface area contributed by atoms with Crippen LogP contribution in [0.5, 0.6) is 0 Å². The van der Waals surface area contributed by atoms with Crippen LogP contribution in [0.3, 0.4) is 0 Å². The third-order valence-electron chi connectivity index (χ3n) is 2.50. The average molecular weight is 248 g/mol. The van der Waals surface area contributed by atoms with E-state index >= 15 is 0 Å². The maximum absolute atomic E-state index is 6.07. The molecule has 3 aromatic rings. The van der Waals surface area contributed by atoms with E-state index in [1.54, 1.807) is 12.4 Å². The van der Waals surface area contributed by atoms with Crippen molar-refractivity contribution in [1.82, 2.24) is 15.2 Å². The number of H-pyrrole nitrogens is 1. The number of hydrogen-bond donors (Lipinski definition) is 2. The van der Waals surface area contributed by atoms with Crippen molar-refractivity contribution in [1.29, 1.82) is 0 Å². The van der Waals surface area contributed by atoms with Gasteiger partial charge in [0.15, 0.2) is 18.0 Å². The average Bonchev–Trinajstić information content (AvgIpc) is 2.80. The van der Waals surface area contributed by atoms with Crippen LogP contribution in [0.25, 0.3) is 16.7 Å². The summed E-state index contributed by atoms with van der Waals surface area (Å²) >= 11 is 0. The van der Waals surface area contributed by atoms with Gasteiger partial charge in [0.25, 0.3) is 5.69 Å². The lowest BCUT2D eigenvalue weighted by atomic mass is 10.2. The normalized spacial score (nSPS) is 10.1. The van der Waals surface area contributed by atoms with E-state index in [-0.39, 0.29) is 12.4 Å². The summed E-state index contributed by atoms with van der Waals surface area (Å²) in [6.45, 7) is 0. The Morgan fingerprint density at radius 3 is 2.65 bits per heavy atom. The molecule has 0 aliphatic carbocycles. The van der Waals surface area contributed by atoms with Crippen molar-refractivity contribution < 1.29 is 17.0 Å². The molecule has 0 radical (unpaired) electrons. The first-order valence-electron chi connectivity index (χ1n) is 4.90. The molecule has 0 bridgehead atoms. The number of nitrogens with two attached hydrogens (primary N) is 1. The second-order valence-electron chi connectivity index (χ2n) is 3.47. The van der Waals surface area contributed by atoms with E-state index in [4.69, 9.17) is 5.73 Å². The minimum atomic E-state index is 0. The fourth-order valence-corrected chi connectivity index (χ4v) is 1.67. The summed E-state index contributed by atoms with van der Waals surface area (Å²) < 4.78 is 1.93. The number of fused-ring (bicyclic) bond motifs is 1. The second kappa shape index (κ2) is 4.39. The zero-order chi connectivity index (χ0) is 11.0. The number of nitrogen functional groups attached to an aromatic ring is 1. The van der Waals surface area contributed by atoms with Crippen LogP contribution in [-0.2, 0) is 0 Å². The van der Waals surface area contributed by atoms with Crippen LogP contribution in [0.15, 0.2) is 43.0 Å². The van der Waals surface area contributed by atoms with Crippen molar-refractivity contribution in [3.63, 3.8) is 0 Å². The molecule has 0 aliphatic rings. The fourth-order valence-electron chi connectivity index (χ4n) is 1.67. The van der Waals surface area contributed by atoms with Crippen LogP contribution in [0.1, 0.15) is 0 Å². The molecule has 0 amide bonds. The van der Waals surface area contributed by atoms with Gasteiger partial charge in [-0.25, -0.2) is 4.98 Å². The first kappa shape index (κ1) is 11.3. The predicted octanol–water partition coefficient (Wildman–Crippen LogP) is -2.18. The summed E-state index contributed by atoms with van der Waals surface area (Å²) in [6.07, 6.45) is 7.28. The SMILES string of the molecule is Nc1c(-[n+]2ccccc2)cnc2[nH]ncc12.[Cl-]. The predicted molar refractivity (Wildman–Crippen MR) is 59.8 cm³/mol. The van der Waals surface area contributed by atoms with E-state index in [0.29, 0.717) is 11.3 Å². The summed E-state index contributed by atoms with van der Waals surface area (Å²) in [4.78, 5) is 4.26. The zero-order valence-corrected chi connectivity index (χ0v) is 9.59. The molecular weight excluding hydrogens is 238 g/mol. The molecule has 0 aliphatic heterocycles. The maximum atomic E-state index is 6.07. The topological polar surface area (TPSA) is 71.5 Å². The lowest BCUT2D eigenvalue weighted by Gasteiger charge is -1.99. The van der Waals surface area contributed by atoms with Crippen LogP contribution >= 0.6 is 0 Å². The number of anilines is 1. The molecule has 0 saturated carbocycles. The molecule has 17 heavy (non-hydrogen) atoms. The van der Waals surface area contributed by atoms with Gasteiger partial charge in [0.1, 0.15) is 11.9 Å². The van der Waals surface area contributed by atoms with Gasteiger partial charge in [0.05, 0.1) is 11.6 Å². The number of aromatic nitrogens is 4. The summed E-state index contributed by atoms with van der Waals surface area (Å²) in [5.41, 5.74) is 8.31. The Morgan fingerprint density at radius 2 is 1.88 bits per heavy atom. The summed E-state index contributed by atoms with van der Waals surface area (Å²) in [6, 6.07) is 5.84. The molecule has 3 N–H and O–H groups in total. The molecule has 3 heterocycles. The van der Waals surface area contributed by atoms with Crippen LogP contribution in [0, 0.1) is 0 Å². The summed E-state index contributed by atoms with van der Waals surface area (Å²) in [7, 11) is 0. The molecule has 0 spiro atoms. The number of nitrogens with one attached hydrogen (secondary N) is 1. The van der Waals surface area contributed by atoms with Crippen molar-refractivity contribution in [2.75, 3.05) is 5.73 Å². The van der Waals surface area contributed by atoms with Gasteiger partial charge in [0, 0.05) is 12.1 Å². The van der Waals surface area contributed by atoms with E-state index in [1.807, 2.05) is 35.2 Å². The van der Waals surface area contributed by atoms with E-state index in [0.717, 1.165) is 11.1 Å². The Bertz CT molecular complexity index is 635. The molecule has 5 nitrogen and oxygen atoms in total. The van der Waals surface area contributed by atoms with Crippen molar-refractivity contribution >= 4 is 16.7 Å². The zero-order valence-electron chi connectivity index (χ0n) is 8.84. The molecule has 86 valence electrons. The van der Waals surface area contributed by atoms with Crippen molar-refractivity contribution in [3.8, 4) is 5.69 Å². The van der Waals surface area contributed by atoms with Crippen LogP contribution in [-0.4, -0.2) is 15.2 Å². The van der Waals surface area contributed by atoms with Crippen LogP contribution in [0.2, 0.25) is 0 Å². The van der Waals surface area contributed by atoms with Gasteiger partial charge < -0.3 is 18.1 Å². The fraction of sp³-hybridized carbons (Fsp3) is 0. The Hall–Kier alpha value is -2.14. The minimum Gasteiger partial charge on any atom is -1.00 e. The second-order valence-corrected chi connectivity index (χ2v) is 3.47. The Morgan fingerprint density at radius 1 is 1.12 bits per heavy atom. The molecule has 3 rings (SSSR count). The Labute approximate surface area is 104 Å². The highest BCUT2D eigenvalue weighted by molar-refractivity contribution is 5.90. The summed E-state index contributed by atoms with van der Waals surface area (Å²) in [5.74, 6) is 0. The first-order valence-corrected chi connectivity index (χ1v) is 4.90. The largest absolute Gasteiger partial charge is 1.00 e. The van der Waals surface area contributed by atoms with Gasteiger partial charge in [-0.2, -0.15) is 9.67 Å². The number of nitrogens with zero attached hydrogens (tertiary/aromatic N) is 3. The molecule has 0 aromatic carbocycles. The van der Waals surface area contributed by atoms with Crippen molar-refractivity contribution in [2.45, 2.75) is 0 Å². The Kier molecular flexibility index (Phi) is 2.93. The monoisotopic (exact) mass is 247 g/mol. The molecule has 0 saturated heterocycles. The quantitative estimate of drug-likeness (QED) is 0.481. The van der Waals surface area contributed by atoms with E-state index in [2.05, 4.69) is 15.2 Å². The van der Waals surface area contributed by atoms with Gasteiger partial charge in [-0.1, -0.05) is 6.07 Å². The first-order chi connectivity index (χ1) is 7.86. The van der Waals surface area contributed by atoms with Crippen LogP contribution < -0.4 is 22.7 Å². The van der Waals surface area contributed by atoms with Gasteiger partial charge in [-0.3, -0.25) is 5.10 Å². The molecule has 0 atom stereocenters. The Balaban J connectivity index is 0.00000108. The lowest BCUT2D eigenvalue weighted by Crippen LogP contribution is -3.00. The standard InChI is InChI=1S/C11H10N5.ClH/c12-10-8-6-14-15-11(8)13-7-9(10)16-4-2-1-3-5-16;/h1-7H,(H3,12,13,14,15);1H/q+1;/p-1. The summed E-state index contributed by atoms with van der Waals surface area (Å²) in [5, 5.41) is 7.55. The molecule has 0 unspecified atom stereocenters. The smallest absolute Gasteiger partial charge is 0.253 e. The minimum absolute atomic E-state index is 0. The third-order valence-corrected chi connectivity index (χ3v) is 2.50. The van der Waals surface area contributed by atoms with Gasteiger partial charge >= 0.3 is 0 Å². The maximum Gasteiger partial charge on any atom is 0.253 e. The van der Waals surface area contributed by atoms with E-state index < -0.39 is 0 Å². The molecule has 0 fully saturated rings. The third kappa shape index (κ3) is 1.81. The van der Waals surface area contributed by atoms with Crippen LogP contribution in [0.4, 0.5) is 5.69 Å². The lowest BCUT2D eigenvalue weighted by molar-refractivity contribution is -0.595. The number of halogens is 1. The molecule has 3 aromatic heterocycles. The molecule has 6 heteroatoms. The molecular formula is C11H10ClN5. The van der Waals surface area contributed by atoms with Gasteiger partial charge in [-0.05, 0) is 0 Å². The highest BCUT2D eigenvalue weighted by Gasteiger charge is 2.14. The van der Waals surface area contributed by atoms with Crippen molar-refractivity contribution in [3.05, 3.63) is 43.0 Å². The van der Waals surface area contributed by atoms with Gasteiger partial charge in [0.2, 0.25) is 0 Å². The number of aromatic amines is 1. The van der Waals surface area contributed by atoms with E-state index in [1.165, 1.54) is 0 Å². The van der Waals surface area contributed by atoms with Gasteiger partial charge in [-0.15, -0.1) is 0 Å². The highest BCUT2D eigenvalue weighted by Crippen LogP contribution is 2.20. The number of rotatable bonds is 1. The highest BCUT2D eigenvalue weighted by atomic mass is 35.5. The van der Waals surface area contributed by atoms with E-state index in [9.17, 15) is 0 Å². The van der Waals surface area contributed by atoms with Crippen molar-refractivity contribution in [2.24, 2.45) is 0 Å². The number of hydrogen-bond acceptors (Lipinski definition) is 3.